The SMILES string of the molecule is Cc1cn(-c2nccc3c(Br)cccc23)nc1N. The van der Waals surface area contributed by atoms with Gasteiger partial charge in [-0.2, -0.15) is 0 Å². The average molecular weight is 303 g/mol. The molecule has 0 radical (unpaired) electrons. The topological polar surface area (TPSA) is 56.7 Å². The molecule has 0 atom stereocenters. The minimum Gasteiger partial charge on any atom is -0.382 e. The molecular formula is C13H11BrN4. The van der Waals surface area contributed by atoms with E-state index in [-0.39, 0.29) is 0 Å². The van der Waals surface area contributed by atoms with E-state index in [4.69, 9.17) is 5.73 Å². The normalized spacial score (nSPS) is 11.0. The molecule has 2 N–H and O–H groups in total. The maximum absolute atomic E-state index is 5.78. The van der Waals surface area contributed by atoms with E-state index >= 15 is 0 Å². The van der Waals surface area contributed by atoms with Gasteiger partial charge in [0, 0.05) is 33.2 Å². The number of nitrogens with two attached hydrogens (primary N) is 1. The summed E-state index contributed by atoms with van der Waals surface area (Å²) in [6.07, 6.45) is 3.66. The fraction of sp³-hybridized carbons (Fsp3) is 0.0769. The summed E-state index contributed by atoms with van der Waals surface area (Å²) in [5.74, 6) is 1.32. The Morgan fingerprint density at radius 2 is 2.06 bits per heavy atom. The van der Waals surface area contributed by atoms with Crippen molar-refractivity contribution in [1.82, 2.24) is 14.8 Å². The first-order chi connectivity index (χ1) is 8.66. The van der Waals surface area contributed by atoms with Crippen molar-refractivity contribution in [3.8, 4) is 5.82 Å². The molecule has 5 heteroatoms. The highest BCUT2D eigenvalue weighted by atomic mass is 79.9. The van der Waals surface area contributed by atoms with Crippen LogP contribution in [-0.2, 0) is 0 Å². The number of anilines is 1. The van der Waals surface area contributed by atoms with Crippen LogP contribution in [-0.4, -0.2) is 14.8 Å². The van der Waals surface area contributed by atoms with Crippen LogP contribution in [0, 0.1) is 6.92 Å². The van der Waals surface area contributed by atoms with E-state index in [1.807, 2.05) is 37.4 Å². The van der Waals surface area contributed by atoms with Gasteiger partial charge in [-0.05, 0) is 19.1 Å². The second-order valence-electron chi connectivity index (χ2n) is 4.11. The van der Waals surface area contributed by atoms with Gasteiger partial charge in [0.2, 0.25) is 0 Å². The number of benzene rings is 1. The van der Waals surface area contributed by atoms with E-state index in [9.17, 15) is 0 Å². The second kappa shape index (κ2) is 4.10. The Bertz CT molecular complexity index is 713. The van der Waals surface area contributed by atoms with E-state index in [0.717, 1.165) is 26.6 Å². The van der Waals surface area contributed by atoms with Crippen molar-refractivity contribution >= 4 is 32.5 Å². The Morgan fingerprint density at radius 1 is 1.22 bits per heavy atom. The van der Waals surface area contributed by atoms with Crippen molar-refractivity contribution in [2.45, 2.75) is 6.92 Å². The Morgan fingerprint density at radius 3 is 2.78 bits per heavy atom. The van der Waals surface area contributed by atoms with E-state index in [0.29, 0.717) is 5.82 Å². The van der Waals surface area contributed by atoms with Crippen LogP contribution in [0.4, 0.5) is 5.82 Å². The molecule has 0 fully saturated rings. The number of fused-ring (bicyclic) bond motifs is 1. The first-order valence-electron chi connectivity index (χ1n) is 5.52. The van der Waals surface area contributed by atoms with E-state index in [2.05, 4.69) is 26.0 Å². The molecule has 0 aliphatic heterocycles. The summed E-state index contributed by atoms with van der Waals surface area (Å²) in [5.41, 5.74) is 6.73. The minimum atomic E-state index is 0.531. The fourth-order valence-electron chi connectivity index (χ4n) is 1.92. The molecule has 0 aliphatic rings. The molecule has 0 unspecified atom stereocenters. The molecule has 90 valence electrons. The molecule has 0 amide bonds. The smallest absolute Gasteiger partial charge is 0.161 e. The third kappa shape index (κ3) is 1.67. The average Bonchev–Trinajstić information content (AvgIpc) is 2.69. The molecule has 3 aromatic rings. The summed E-state index contributed by atoms with van der Waals surface area (Å²) in [6.45, 7) is 1.93. The van der Waals surface area contributed by atoms with Gasteiger partial charge in [-0.3, -0.25) is 0 Å². The standard InChI is InChI=1S/C13H11BrN4/c1-8-7-18(17-12(8)15)13-10-3-2-4-11(14)9(10)5-6-16-13/h2-7H,1H3,(H2,15,17). The van der Waals surface area contributed by atoms with Crippen molar-refractivity contribution in [2.24, 2.45) is 0 Å². The molecule has 2 aromatic heterocycles. The van der Waals surface area contributed by atoms with Crippen LogP contribution in [0.3, 0.4) is 0 Å². The number of pyridine rings is 1. The maximum Gasteiger partial charge on any atom is 0.161 e. The molecule has 1 aromatic carbocycles. The summed E-state index contributed by atoms with van der Waals surface area (Å²) >= 11 is 3.54. The fourth-order valence-corrected chi connectivity index (χ4v) is 2.42. The van der Waals surface area contributed by atoms with Crippen LogP contribution in [0.25, 0.3) is 16.6 Å². The van der Waals surface area contributed by atoms with Crippen molar-refractivity contribution in [1.29, 1.82) is 0 Å². The zero-order valence-corrected chi connectivity index (χ0v) is 11.3. The van der Waals surface area contributed by atoms with Crippen LogP contribution in [0.5, 0.6) is 0 Å². The third-order valence-electron chi connectivity index (χ3n) is 2.88. The zero-order chi connectivity index (χ0) is 12.7. The van der Waals surface area contributed by atoms with Gasteiger partial charge >= 0.3 is 0 Å². The summed E-state index contributed by atoms with van der Waals surface area (Å²) < 4.78 is 2.76. The predicted molar refractivity (Wildman–Crippen MR) is 75.7 cm³/mol. The lowest BCUT2D eigenvalue weighted by atomic mass is 10.1. The number of aromatic nitrogens is 3. The molecule has 0 spiro atoms. The lowest BCUT2D eigenvalue weighted by Gasteiger charge is -2.06. The van der Waals surface area contributed by atoms with Gasteiger partial charge in [0.1, 0.15) is 5.82 Å². The molecule has 3 rings (SSSR count). The third-order valence-corrected chi connectivity index (χ3v) is 3.58. The first-order valence-corrected chi connectivity index (χ1v) is 6.31. The number of nitrogen functional groups attached to an aromatic ring is 1. The van der Waals surface area contributed by atoms with Crippen molar-refractivity contribution in [2.75, 3.05) is 5.73 Å². The number of halogens is 1. The Labute approximate surface area is 113 Å². The van der Waals surface area contributed by atoms with Gasteiger partial charge in [0.05, 0.1) is 0 Å². The van der Waals surface area contributed by atoms with Gasteiger partial charge in [-0.1, -0.05) is 28.1 Å². The van der Waals surface area contributed by atoms with Gasteiger partial charge in [0.25, 0.3) is 0 Å². The highest BCUT2D eigenvalue weighted by molar-refractivity contribution is 9.10. The molecule has 0 saturated carbocycles. The quantitative estimate of drug-likeness (QED) is 0.751. The van der Waals surface area contributed by atoms with Gasteiger partial charge in [0.15, 0.2) is 5.82 Å². The predicted octanol–water partition coefficient (Wildman–Crippen LogP) is 3.07. The summed E-state index contributed by atoms with van der Waals surface area (Å²) in [5, 5.41) is 6.42. The number of nitrogens with zero attached hydrogens (tertiary/aromatic N) is 3. The van der Waals surface area contributed by atoms with E-state index in [1.165, 1.54) is 0 Å². The molecule has 0 saturated heterocycles. The van der Waals surface area contributed by atoms with Gasteiger partial charge in [-0.25, -0.2) is 9.67 Å². The summed E-state index contributed by atoms with van der Waals surface area (Å²) in [7, 11) is 0. The Kier molecular flexibility index (Phi) is 2.56. The summed E-state index contributed by atoms with van der Waals surface area (Å²) in [4.78, 5) is 4.40. The zero-order valence-electron chi connectivity index (χ0n) is 9.76. The maximum atomic E-state index is 5.78. The lowest BCUT2D eigenvalue weighted by molar-refractivity contribution is 0.860. The van der Waals surface area contributed by atoms with Crippen LogP contribution < -0.4 is 5.73 Å². The van der Waals surface area contributed by atoms with Gasteiger partial charge < -0.3 is 5.73 Å². The first kappa shape index (κ1) is 11.2. The highest BCUT2D eigenvalue weighted by Crippen LogP contribution is 2.27. The van der Waals surface area contributed by atoms with Crippen molar-refractivity contribution in [3.05, 3.63) is 46.7 Å². The van der Waals surface area contributed by atoms with Crippen molar-refractivity contribution in [3.63, 3.8) is 0 Å². The van der Waals surface area contributed by atoms with E-state index in [1.54, 1.807) is 10.9 Å². The Hall–Kier alpha value is -1.88. The van der Waals surface area contributed by atoms with Crippen molar-refractivity contribution < 1.29 is 0 Å². The van der Waals surface area contributed by atoms with Crippen LogP contribution >= 0.6 is 15.9 Å². The molecule has 0 aliphatic carbocycles. The van der Waals surface area contributed by atoms with Crippen LogP contribution in [0.1, 0.15) is 5.56 Å². The van der Waals surface area contributed by atoms with E-state index < -0.39 is 0 Å². The lowest BCUT2D eigenvalue weighted by Crippen LogP contribution is -2.00. The largest absolute Gasteiger partial charge is 0.382 e. The van der Waals surface area contributed by atoms with Crippen LogP contribution in [0.15, 0.2) is 41.1 Å². The number of aryl methyl sites for hydroxylation is 1. The molecule has 18 heavy (non-hydrogen) atoms. The van der Waals surface area contributed by atoms with Gasteiger partial charge in [-0.15, -0.1) is 5.10 Å². The monoisotopic (exact) mass is 302 g/mol. The highest BCUT2D eigenvalue weighted by Gasteiger charge is 2.09. The Balaban J connectivity index is 2.32. The number of rotatable bonds is 1. The summed E-state index contributed by atoms with van der Waals surface area (Å²) in [6, 6.07) is 7.99. The molecule has 0 bridgehead atoms. The number of hydrogen-bond donors (Lipinski definition) is 1. The molecule has 4 nitrogen and oxygen atoms in total. The van der Waals surface area contributed by atoms with Crippen LogP contribution in [0.2, 0.25) is 0 Å². The number of hydrogen-bond acceptors (Lipinski definition) is 3. The molecular weight excluding hydrogens is 292 g/mol. The minimum absolute atomic E-state index is 0.531. The molecule has 2 heterocycles. The second-order valence-corrected chi connectivity index (χ2v) is 4.97.